The molecule has 0 unspecified atom stereocenters. The Hall–Kier alpha value is -3.47. The minimum atomic E-state index is -3.76. The molecular weight excluding hydrogens is 412 g/mol. The summed E-state index contributed by atoms with van der Waals surface area (Å²) in [6, 6.07) is 10.8. The summed E-state index contributed by atoms with van der Waals surface area (Å²) in [5.74, 6) is -0.0630. The molecule has 2 aromatic rings. The number of benzene rings is 2. The van der Waals surface area contributed by atoms with E-state index in [1.165, 1.54) is 37.4 Å². The second-order valence-corrected chi connectivity index (χ2v) is 8.10. The van der Waals surface area contributed by atoms with Crippen LogP contribution in [0.2, 0.25) is 0 Å². The molecule has 0 spiro atoms. The number of rotatable bonds is 9. The van der Waals surface area contributed by atoms with Crippen LogP contribution in [0.4, 0.5) is 11.4 Å². The van der Waals surface area contributed by atoms with Gasteiger partial charge in [0.1, 0.15) is 11.8 Å². The first-order valence-corrected chi connectivity index (χ1v) is 10.8. The standard InChI is InChI=1S/C19H22N4O6S/c1-4-29-18-11-9-16(10-12-18)22(30(3,27)28)14(2)19(24)21-20-13-15-5-7-17(8-6-15)23(25)26/h5-14H,4H2,1-3H3,(H,21,24)/b20-13-/t14-/m0/s1. The first-order valence-electron chi connectivity index (χ1n) is 8.93. The maximum atomic E-state index is 12.5. The Morgan fingerprint density at radius 1 is 1.23 bits per heavy atom. The molecule has 1 N–H and O–H groups in total. The second kappa shape index (κ2) is 9.83. The molecule has 0 aliphatic heterocycles. The Bertz CT molecular complexity index is 1020. The fourth-order valence-electron chi connectivity index (χ4n) is 2.61. The molecular formula is C19H22N4O6S. The highest BCUT2D eigenvalue weighted by molar-refractivity contribution is 7.92. The number of non-ortho nitro benzene ring substituents is 1. The Kier molecular flexibility index (Phi) is 7.48. The lowest BCUT2D eigenvalue weighted by Gasteiger charge is -2.27. The van der Waals surface area contributed by atoms with Gasteiger partial charge in [-0.25, -0.2) is 13.8 Å². The number of carbonyl (C=O) groups is 1. The smallest absolute Gasteiger partial charge is 0.269 e. The number of amides is 1. The van der Waals surface area contributed by atoms with Crippen molar-refractivity contribution in [3.63, 3.8) is 0 Å². The molecule has 1 atom stereocenters. The quantitative estimate of drug-likeness (QED) is 0.366. The van der Waals surface area contributed by atoms with E-state index in [-0.39, 0.29) is 5.69 Å². The van der Waals surface area contributed by atoms with Gasteiger partial charge in [0, 0.05) is 12.1 Å². The first-order chi connectivity index (χ1) is 14.1. The molecule has 10 nitrogen and oxygen atoms in total. The summed E-state index contributed by atoms with van der Waals surface area (Å²) in [5.41, 5.74) is 3.06. The van der Waals surface area contributed by atoms with Crippen molar-refractivity contribution < 1.29 is 22.9 Å². The van der Waals surface area contributed by atoms with Gasteiger partial charge in [-0.15, -0.1) is 0 Å². The van der Waals surface area contributed by atoms with Crippen molar-refractivity contribution in [3.8, 4) is 5.75 Å². The van der Waals surface area contributed by atoms with Crippen LogP contribution < -0.4 is 14.5 Å². The molecule has 0 aromatic heterocycles. The van der Waals surface area contributed by atoms with Gasteiger partial charge < -0.3 is 4.74 Å². The molecule has 2 aromatic carbocycles. The number of hydrogen-bond acceptors (Lipinski definition) is 7. The molecule has 0 radical (unpaired) electrons. The number of ether oxygens (including phenoxy) is 1. The van der Waals surface area contributed by atoms with Gasteiger partial charge in [-0.2, -0.15) is 5.10 Å². The number of nitrogens with zero attached hydrogens (tertiary/aromatic N) is 3. The van der Waals surface area contributed by atoms with Gasteiger partial charge in [-0.05, 0) is 55.8 Å². The number of anilines is 1. The van der Waals surface area contributed by atoms with Gasteiger partial charge in [-0.3, -0.25) is 19.2 Å². The van der Waals surface area contributed by atoms with Crippen molar-refractivity contribution in [2.75, 3.05) is 17.2 Å². The molecule has 0 saturated carbocycles. The fraction of sp³-hybridized carbons (Fsp3) is 0.263. The second-order valence-electron chi connectivity index (χ2n) is 6.24. The molecule has 11 heteroatoms. The molecule has 0 saturated heterocycles. The topological polar surface area (TPSA) is 131 Å². The first kappa shape index (κ1) is 22.8. The Morgan fingerprint density at radius 3 is 2.33 bits per heavy atom. The third-order valence-corrected chi connectivity index (χ3v) is 5.22. The fourth-order valence-corrected chi connectivity index (χ4v) is 3.79. The lowest BCUT2D eigenvalue weighted by Crippen LogP contribution is -2.46. The van der Waals surface area contributed by atoms with Crippen LogP contribution in [0.3, 0.4) is 0 Å². The highest BCUT2D eigenvalue weighted by atomic mass is 32.2. The zero-order valence-corrected chi connectivity index (χ0v) is 17.5. The summed E-state index contributed by atoms with van der Waals surface area (Å²) >= 11 is 0. The lowest BCUT2D eigenvalue weighted by molar-refractivity contribution is -0.384. The zero-order valence-electron chi connectivity index (χ0n) is 16.7. The zero-order chi connectivity index (χ0) is 22.3. The average molecular weight is 434 g/mol. The van der Waals surface area contributed by atoms with E-state index >= 15 is 0 Å². The predicted molar refractivity (Wildman–Crippen MR) is 113 cm³/mol. The third-order valence-electron chi connectivity index (χ3n) is 3.98. The van der Waals surface area contributed by atoms with E-state index in [2.05, 4.69) is 10.5 Å². The Balaban J connectivity index is 2.12. The van der Waals surface area contributed by atoms with E-state index in [0.29, 0.717) is 23.6 Å². The summed E-state index contributed by atoms with van der Waals surface area (Å²) in [7, 11) is -3.76. The van der Waals surface area contributed by atoms with Crippen molar-refractivity contribution in [3.05, 3.63) is 64.2 Å². The molecule has 160 valence electrons. The minimum absolute atomic E-state index is 0.0658. The van der Waals surface area contributed by atoms with Crippen LogP contribution in [0.1, 0.15) is 19.4 Å². The average Bonchev–Trinajstić information content (AvgIpc) is 2.69. The van der Waals surface area contributed by atoms with Crippen LogP contribution in [0.15, 0.2) is 53.6 Å². The summed E-state index contributed by atoms with van der Waals surface area (Å²) in [6.07, 6.45) is 2.31. The largest absolute Gasteiger partial charge is 0.494 e. The maximum Gasteiger partial charge on any atom is 0.269 e. The van der Waals surface area contributed by atoms with E-state index in [1.807, 2.05) is 6.92 Å². The van der Waals surface area contributed by atoms with Crippen LogP contribution in [0.25, 0.3) is 0 Å². The van der Waals surface area contributed by atoms with Gasteiger partial charge in [0.2, 0.25) is 10.0 Å². The molecule has 2 rings (SSSR count). The number of nitro benzene ring substituents is 1. The van der Waals surface area contributed by atoms with E-state index in [1.54, 1.807) is 24.3 Å². The van der Waals surface area contributed by atoms with E-state index in [4.69, 9.17) is 4.74 Å². The molecule has 30 heavy (non-hydrogen) atoms. The molecule has 0 heterocycles. The lowest BCUT2D eigenvalue weighted by atomic mass is 10.2. The van der Waals surface area contributed by atoms with Crippen molar-refractivity contribution in [1.82, 2.24) is 5.43 Å². The van der Waals surface area contributed by atoms with Gasteiger partial charge in [-0.1, -0.05) is 0 Å². The normalized spacial score (nSPS) is 12.4. The molecule has 0 aliphatic rings. The van der Waals surface area contributed by atoms with E-state index < -0.39 is 26.9 Å². The number of nitro groups is 1. The number of hydrazone groups is 1. The van der Waals surface area contributed by atoms with Gasteiger partial charge in [0.05, 0.1) is 29.7 Å². The molecule has 0 aliphatic carbocycles. The molecule has 0 bridgehead atoms. The number of nitrogens with one attached hydrogen (secondary N) is 1. The highest BCUT2D eigenvalue weighted by Crippen LogP contribution is 2.24. The van der Waals surface area contributed by atoms with Crippen LogP contribution in [0.5, 0.6) is 5.75 Å². The van der Waals surface area contributed by atoms with Crippen molar-refractivity contribution in [2.24, 2.45) is 5.10 Å². The summed E-state index contributed by atoms with van der Waals surface area (Å²) in [6.45, 7) is 3.75. The SMILES string of the molecule is CCOc1ccc(N([C@@H](C)C(=O)N/N=C\c2ccc([N+](=O)[O-])cc2)S(C)(=O)=O)cc1. The number of sulfonamides is 1. The van der Waals surface area contributed by atoms with Gasteiger partial charge in [0.15, 0.2) is 0 Å². The molecule has 0 fully saturated rings. The Morgan fingerprint density at radius 2 is 1.83 bits per heavy atom. The van der Waals surface area contributed by atoms with E-state index in [9.17, 15) is 23.3 Å². The van der Waals surface area contributed by atoms with Crippen LogP contribution in [-0.4, -0.2) is 44.4 Å². The molecule has 1 amide bonds. The third kappa shape index (κ3) is 6.01. The monoisotopic (exact) mass is 434 g/mol. The number of carbonyl (C=O) groups excluding carboxylic acids is 1. The highest BCUT2D eigenvalue weighted by Gasteiger charge is 2.29. The van der Waals surface area contributed by atoms with Crippen molar-refractivity contribution in [2.45, 2.75) is 19.9 Å². The van der Waals surface area contributed by atoms with E-state index in [0.717, 1.165) is 10.6 Å². The van der Waals surface area contributed by atoms with Crippen LogP contribution >= 0.6 is 0 Å². The predicted octanol–water partition coefficient (Wildman–Crippen LogP) is 2.30. The van der Waals surface area contributed by atoms with Crippen molar-refractivity contribution in [1.29, 1.82) is 0 Å². The summed E-state index contributed by atoms with van der Waals surface area (Å²) < 4.78 is 30.9. The number of hydrogen-bond donors (Lipinski definition) is 1. The van der Waals surface area contributed by atoms with Crippen LogP contribution in [-0.2, 0) is 14.8 Å². The van der Waals surface area contributed by atoms with Crippen LogP contribution in [0, 0.1) is 10.1 Å². The minimum Gasteiger partial charge on any atom is -0.494 e. The maximum absolute atomic E-state index is 12.5. The Labute approximate surface area is 174 Å². The summed E-state index contributed by atoms with van der Waals surface area (Å²) in [4.78, 5) is 22.6. The van der Waals surface area contributed by atoms with Gasteiger partial charge >= 0.3 is 0 Å². The summed E-state index contributed by atoms with van der Waals surface area (Å²) in [5, 5.41) is 14.5. The van der Waals surface area contributed by atoms with Crippen molar-refractivity contribution >= 4 is 33.5 Å². The van der Waals surface area contributed by atoms with Gasteiger partial charge in [0.25, 0.3) is 11.6 Å².